The zero-order valence-corrected chi connectivity index (χ0v) is 16.4. The summed E-state index contributed by atoms with van der Waals surface area (Å²) in [5, 5.41) is 7.71. The van der Waals surface area contributed by atoms with Crippen molar-refractivity contribution in [2.75, 3.05) is 26.6 Å². The summed E-state index contributed by atoms with van der Waals surface area (Å²) >= 11 is 5.29. The fourth-order valence-corrected chi connectivity index (χ4v) is 2.59. The first-order chi connectivity index (χ1) is 12.5. The third kappa shape index (κ3) is 4.43. The number of ether oxygens (including phenoxy) is 3. The van der Waals surface area contributed by atoms with Crippen LogP contribution in [0, 0.1) is 13.8 Å². The summed E-state index contributed by atoms with van der Waals surface area (Å²) in [6.45, 7) is 4.09. The molecule has 0 saturated heterocycles. The van der Waals surface area contributed by atoms with Gasteiger partial charge in [0.2, 0.25) is 5.75 Å². The maximum Gasteiger partial charge on any atom is 0.203 e. The van der Waals surface area contributed by atoms with E-state index in [-0.39, 0.29) is 0 Å². The first-order valence-corrected chi connectivity index (χ1v) is 8.37. The lowest BCUT2D eigenvalue weighted by atomic mass is 10.1. The Morgan fingerprint density at radius 1 is 1.00 bits per heavy atom. The van der Waals surface area contributed by atoms with Crippen LogP contribution in [0.1, 0.15) is 16.7 Å². The molecule has 0 bridgehead atoms. The number of methoxy groups -OCH3 is 3. The third-order valence-electron chi connectivity index (χ3n) is 3.96. The third-order valence-corrected chi connectivity index (χ3v) is 4.15. The van der Waals surface area contributed by atoms with Gasteiger partial charge in [-0.25, -0.2) is 0 Å². The van der Waals surface area contributed by atoms with Gasteiger partial charge in [0.25, 0.3) is 0 Å². The molecule has 0 atom stereocenters. The molecule has 6 nitrogen and oxygen atoms in total. The summed E-state index contributed by atoms with van der Waals surface area (Å²) < 4.78 is 16.0. The van der Waals surface area contributed by atoms with E-state index in [0.29, 0.717) is 22.4 Å². The zero-order chi connectivity index (χ0) is 19.1. The molecule has 0 amide bonds. The predicted molar refractivity (Wildman–Crippen MR) is 109 cm³/mol. The fraction of sp³-hybridized carbons (Fsp3) is 0.263. The second-order valence-electron chi connectivity index (χ2n) is 5.50. The highest BCUT2D eigenvalue weighted by molar-refractivity contribution is 7.80. The van der Waals surface area contributed by atoms with Crippen molar-refractivity contribution in [1.82, 2.24) is 5.43 Å². The smallest absolute Gasteiger partial charge is 0.203 e. The molecule has 2 aromatic rings. The number of benzene rings is 2. The number of nitrogens with zero attached hydrogens (tertiary/aromatic N) is 1. The monoisotopic (exact) mass is 373 g/mol. The van der Waals surface area contributed by atoms with Crippen molar-refractivity contribution in [2.24, 2.45) is 5.10 Å². The van der Waals surface area contributed by atoms with Gasteiger partial charge in [0.15, 0.2) is 16.6 Å². The Labute approximate surface area is 159 Å². The molecule has 2 rings (SSSR count). The summed E-state index contributed by atoms with van der Waals surface area (Å²) in [4.78, 5) is 0. The molecule has 0 heterocycles. The van der Waals surface area contributed by atoms with E-state index in [2.05, 4.69) is 28.8 Å². The molecule has 0 saturated carbocycles. The predicted octanol–water partition coefficient (Wildman–Crippen LogP) is 3.65. The Kier molecular flexibility index (Phi) is 6.80. The van der Waals surface area contributed by atoms with Crippen LogP contribution in [0.15, 0.2) is 35.4 Å². The highest BCUT2D eigenvalue weighted by Crippen LogP contribution is 2.38. The molecule has 0 aliphatic rings. The van der Waals surface area contributed by atoms with Crippen LogP contribution < -0.4 is 25.0 Å². The van der Waals surface area contributed by atoms with Crippen LogP contribution in [0.25, 0.3) is 0 Å². The molecule has 0 spiro atoms. The van der Waals surface area contributed by atoms with Crippen LogP contribution in [-0.2, 0) is 0 Å². The lowest BCUT2D eigenvalue weighted by molar-refractivity contribution is 0.324. The van der Waals surface area contributed by atoms with Crippen molar-refractivity contribution in [3.05, 3.63) is 47.0 Å². The van der Waals surface area contributed by atoms with Crippen LogP contribution in [-0.4, -0.2) is 32.7 Å². The zero-order valence-electron chi connectivity index (χ0n) is 15.5. The molecule has 0 fully saturated rings. The summed E-state index contributed by atoms with van der Waals surface area (Å²) in [5.41, 5.74) is 6.81. The SMILES string of the molecule is COc1ccc(C=NNC(=S)Nc2cccc(C)c2C)c(OC)c1OC. The summed E-state index contributed by atoms with van der Waals surface area (Å²) in [6.07, 6.45) is 1.61. The Bertz CT molecular complexity index is 822. The topological polar surface area (TPSA) is 64.1 Å². The van der Waals surface area contributed by atoms with Crippen LogP contribution in [0.3, 0.4) is 0 Å². The van der Waals surface area contributed by atoms with E-state index in [1.54, 1.807) is 33.6 Å². The number of hydrazone groups is 1. The van der Waals surface area contributed by atoms with Crippen LogP contribution in [0.4, 0.5) is 5.69 Å². The maximum absolute atomic E-state index is 5.42. The van der Waals surface area contributed by atoms with Crippen molar-refractivity contribution >= 4 is 29.2 Å². The van der Waals surface area contributed by atoms with Crippen molar-refractivity contribution in [3.63, 3.8) is 0 Å². The summed E-state index contributed by atoms with van der Waals surface area (Å²) in [6, 6.07) is 9.61. The second kappa shape index (κ2) is 9.05. The summed E-state index contributed by atoms with van der Waals surface area (Å²) in [7, 11) is 4.70. The van der Waals surface area contributed by atoms with Gasteiger partial charge >= 0.3 is 0 Å². The number of rotatable bonds is 6. The van der Waals surface area contributed by atoms with Gasteiger partial charge in [-0.1, -0.05) is 12.1 Å². The normalized spacial score (nSPS) is 10.5. The van der Waals surface area contributed by atoms with E-state index in [9.17, 15) is 0 Å². The Hall–Kier alpha value is -2.80. The minimum Gasteiger partial charge on any atom is -0.493 e. The lowest BCUT2D eigenvalue weighted by Gasteiger charge is -2.14. The number of nitrogens with one attached hydrogen (secondary N) is 2. The molecule has 0 unspecified atom stereocenters. The standard InChI is InChI=1S/C19H23N3O3S/c1-12-7-6-8-15(13(12)2)21-19(26)22-20-11-14-9-10-16(23-3)18(25-5)17(14)24-4/h6-11H,1-5H3,(H2,21,22,26). The van der Waals surface area contributed by atoms with Crippen LogP contribution >= 0.6 is 12.2 Å². The summed E-state index contributed by atoms with van der Waals surface area (Å²) in [5.74, 6) is 1.63. The van der Waals surface area contributed by atoms with E-state index >= 15 is 0 Å². The maximum atomic E-state index is 5.42. The quantitative estimate of drug-likeness (QED) is 0.458. The number of thiocarbonyl (C=S) groups is 1. The van der Waals surface area contributed by atoms with Gasteiger partial charge in [-0.15, -0.1) is 0 Å². The highest BCUT2D eigenvalue weighted by Gasteiger charge is 2.14. The van der Waals surface area contributed by atoms with E-state index in [1.165, 1.54) is 5.56 Å². The van der Waals surface area contributed by atoms with Crippen molar-refractivity contribution in [3.8, 4) is 17.2 Å². The minimum absolute atomic E-state index is 0.398. The first kappa shape index (κ1) is 19.5. The molecule has 0 radical (unpaired) electrons. The van der Waals surface area contributed by atoms with Gasteiger partial charge in [0.1, 0.15) is 0 Å². The first-order valence-electron chi connectivity index (χ1n) is 7.97. The highest BCUT2D eigenvalue weighted by atomic mass is 32.1. The van der Waals surface area contributed by atoms with E-state index in [0.717, 1.165) is 16.8 Å². The van der Waals surface area contributed by atoms with Gasteiger partial charge in [0.05, 0.1) is 27.5 Å². The number of aryl methyl sites for hydroxylation is 1. The molecule has 26 heavy (non-hydrogen) atoms. The average molecular weight is 373 g/mol. The largest absolute Gasteiger partial charge is 0.493 e. The Balaban J connectivity index is 2.10. The molecule has 0 aliphatic carbocycles. The number of hydrogen-bond donors (Lipinski definition) is 2. The molecular formula is C19H23N3O3S. The molecule has 7 heteroatoms. The Morgan fingerprint density at radius 2 is 1.73 bits per heavy atom. The molecule has 0 aliphatic heterocycles. The van der Waals surface area contributed by atoms with Crippen molar-refractivity contribution in [1.29, 1.82) is 0 Å². The minimum atomic E-state index is 0.398. The number of anilines is 1. The van der Waals surface area contributed by atoms with Gasteiger partial charge in [-0.05, 0) is 55.4 Å². The van der Waals surface area contributed by atoms with Crippen molar-refractivity contribution < 1.29 is 14.2 Å². The van der Waals surface area contributed by atoms with E-state index < -0.39 is 0 Å². The lowest BCUT2D eigenvalue weighted by Crippen LogP contribution is -2.24. The molecule has 138 valence electrons. The molecule has 2 N–H and O–H groups in total. The van der Waals surface area contributed by atoms with E-state index in [1.807, 2.05) is 25.1 Å². The number of hydrogen-bond acceptors (Lipinski definition) is 5. The van der Waals surface area contributed by atoms with Gasteiger partial charge in [-0.3, -0.25) is 5.43 Å². The van der Waals surface area contributed by atoms with Gasteiger partial charge in [0, 0.05) is 11.3 Å². The fourth-order valence-electron chi connectivity index (χ4n) is 2.42. The van der Waals surface area contributed by atoms with Crippen molar-refractivity contribution in [2.45, 2.75) is 13.8 Å². The van der Waals surface area contributed by atoms with Crippen LogP contribution in [0.5, 0.6) is 17.2 Å². The molecule has 2 aromatic carbocycles. The Morgan fingerprint density at radius 3 is 2.38 bits per heavy atom. The average Bonchev–Trinajstić information content (AvgIpc) is 2.64. The molecular weight excluding hydrogens is 350 g/mol. The molecule has 0 aromatic heterocycles. The van der Waals surface area contributed by atoms with Gasteiger partial charge < -0.3 is 19.5 Å². The second-order valence-corrected chi connectivity index (χ2v) is 5.90. The van der Waals surface area contributed by atoms with Gasteiger partial charge in [-0.2, -0.15) is 5.10 Å². The van der Waals surface area contributed by atoms with E-state index in [4.69, 9.17) is 26.4 Å². The van der Waals surface area contributed by atoms with Crippen LogP contribution in [0.2, 0.25) is 0 Å².